The van der Waals surface area contributed by atoms with Crippen molar-refractivity contribution in [3.63, 3.8) is 0 Å². The normalized spacial score (nSPS) is 20.4. The van der Waals surface area contributed by atoms with Crippen LogP contribution in [0.2, 0.25) is 0 Å². The Hall–Kier alpha value is -1.82. The fraction of sp³-hybridized carbons (Fsp3) is 0.667. The number of nitrogens with zero attached hydrogens (tertiary/aromatic N) is 3. The Kier molecular flexibility index (Phi) is 5.56. The van der Waals surface area contributed by atoms with Gasteiger partial charge in [0.05, 0.1) is 6.26 Å². The number of hydrogen-bond acceptors (Lipinski definition) is 4. The first-order chi connectivity index (χ1) is 11.6. The van der Waals surface area contributed by atoms with Crippen molar-refractivity contribution < 1.29 is 14.0 Å². The average molecular weight is 333 g/mol. The second kappa shape index (κ2) is 7.83. The molecule has 2 aliphatic rings. The number of piperazine rings is 1. The van der Waals surface area contributed by atoms with Gasteiger partial charge in [0.1, 0.15) is 0 Å². The lowest BCUT2D eigenvalue weighted by Gasteiger charge is -2.35. The van der Waals surface area contributed by atoms with E-state index in [1.165, 1.54) is 6.26 Å². The van der Waals surface area contributed by atoms with Crippen LogP contribution in [0.3, 0.4) is 0 Å². The van der Waals surface area contributed by atoms with Gasteiger partial charge in [0.15, 0.2) is 5.76 Å². The van der Waals surface area contributed by atoms with Crippen LogP contribution in [0.4, 0.5) is 0 Å². The molecule has 0 atom stereocenters. The predicted molar refractivity (Wildman–Crippen MR) is 90.6 cm³/mol. The number of likely N-dealkylation sites (tertiary alicyclic amines) is 1. The molecule has 132 valence electrons. The fourth-order valence-corrected chi connectivity index (χ4v) is 3.40. The number of piperidine rings is 1. The molecular formula is C18H27N3O3. The minimum atomic E-state index is -0.0434. The number of rotatable bonds is 4. The zero-order valence-electron chi connectivity index (χ0n) is 14.4. The summed E-state index contributed by atoms with van der Waals surface area (Å²) in [6, 6.07) is 3.43. The van der Waals surface area contributed by atoms with E-state index in [1.54, 1.807) is 12.1 Å². The molecule has 6 heteroatoms. The number of hydrogen-bond donors (Lipinski definition) is 0. The van der Waals surface area contributed by atoms with Crippen LogP contribution in [0.15, 0.2) is 22.8 Å². The standard InChI is InChI=1S/C18H27N3O3/c1-15-4-8-20(9-5-15)17(22)6-7-19-10-12-21(13-11-19)18(23)16-3-2-14-24-16/h2-3,14-15H,4-13H2,1H3. The van der Waals surface area contributed by atoms with Gasteiger partial charge in [-0.3, -0.25) is 14.5 Å². The van der Waals surface area contributed by atoms with Crippen molar-refractivity contribution in [2.24, 2.45) is 5.92 Å². The third-order valence-electron chi connectivity index (χ3n) is 5.17. The van der Waals surface area contributed by atoms with Crippen LogP contribution < -0.4 is 0 Å². The first-order valence-corrected chi connectivity index (χ1v) is 8.96. The molecule has 1 aromatic heterocycles. The van der Waals surface area contributed by atoms with Gasteiger partial charge in [-0.15, -0.1) is 0 Å². The Morgan fingerprint density at radius 3 is 2.42 bits per heavy atom. The molecule has 0 radical (unpaired) electrons. The van der Waals surface area contributed by atoms with Gasteiger partial charge in [0, 0.05) is 52.2 Å². The molecule has 24 heavy (non-hydrogen) atoms. The summed E-state index contributed by atoms with van der Waals surface area (Å²) in [4.78, 5) is 30.6. The second-order valence-electron chi connectivity index (χ2n) is 6.92. The van der Waals surface area contributed by atoms with Gasteiger partial charge in [-0.2, -0.15) is 0 Å². The van der Waals surface area contributed by atoms with Gasteiger partial charge >= 0.3 is 0 Å². The Morgan fingerprint density at radius 1 is 1.08 bits per heavy atom. The van der Waals surface area contributed by atoms with Crippen LogP contribution in [0.5, 0.6) is 0 Å². The van der Waals surface area contributed by atoms with Gasteiger partial charge in [0.25, 0.3) is 5.91 Å². The Balaban J connectivity index is 1.38. The number of carbonyl (C=O) groups excluding carboxylic acids is 2. The lowest BCUT2D eigenvalue weighted by molar-refractivity contribution is -0.132. The molecule has 0 bridgehead atoms. The number of carbonyl (C=O) groups is 2. The van der Waals surface area contributed by atoms with Crippen LogP contribution in [0.25, 0.3) is 0 Å². The first kappa shape index (κ1) is 17.0. The zero-order chi connectivity index (χ0) is 16.9. The van der Waals surface area contributed by atoms with Crippen molar-refractivity contribution in [2.45, 2.75) is 26.2 Å². The van der Waals surface area contributed by atoms with Crippen molar-refractivity contribution >= 4 is 11.8 Å². The highest BCUT2D eigenvalue weighted by atomic mass is 16.3. The third-order valence-corrected chi connectivity index (χ3v) is 5.17. The summed E-state index contributed by atoms with van der Waals surface area (Å²) in [6.07, 6.45) is 4.36. The van der Waals surface area contributed by atoms with Gasteiger partial charge in [-0.25, -0.2) is 0 Å². The van der Waals surface area contributed by atoms with Gasteiger partial charge in [-0.1, -0.05) is 6.92 Å². The quantitative estimate of drug-likeness (QED) is 0.841. The molecule has 0 aliphatic carbocycles. The average Bonchev–Trinajstić information content (AvgIpc) is 3.15. The van der Waals surface area contributed by atoms with E-state index in [0.29, 0.717) is 25.3 Å². The summed E-state index contributed by atoms with van der Waals surface area (Å²) < 4.78 is 5.17. The molecule has 1 aromatic rings. The minimum Gasteiger partial charge on any atom is -0.459 e. The highest BCUT2D eigenvalue weighted by Crippen LogP contribution is 2.17. The van der Waals surface area contributed by atoms with E-state index in [9.17, 15) is 9.59 Å². The maximum atomic E-state index is 12.3. The van der Waals surface area contributed by atoms with E-state index in [0.717, 1.165) is 51.5 Å². The summed E-state index contributed by atoms with van der Waals surface area (Å²) in [7, 11) is 0. The van der Waals surface area contributed by atoms with Crippen LogP contribution in [-0.4, -0.2) is 72.3 Å². The van der Waals surface area contributed by atoms with Gasteiger partial charge in [-0.05, 0) is 30.9 Å². The summed E-state index contributed by atoms with van der Waals surface area (Å²) in [5.74, 6) is 1.38. The fourth-order valence-electron chi connectivity index (χ4n) is 3.40. The van der Waals surface area contributed by atoms with E-state index in [2.05, 4.69) is 11.8 Å². The second-order valence-corrected chi connectivity index (χ2v) is 6.92. The first-order valence-electron chi connectivity index (χ1n) is 8.96. The third kappa shape index (κ3) is 4.17. The van der Waals surface area contributed by atoms with Crippen LogP contribution in [0.1, 0.15) is 36.7 Å². The maximum absolute atomic E-state index is 12.3. The van der Waals surface area contributed by atoms with Crippen molar-refractivity contribution in [3.8, 4) is 0 Å². The van der Waals surface area contributed by atoms with Crippen LogP contribution >= 0.6 is 0 Å². The van der Waals surface area contributed by atoms with Gasteiger partial charge in [0.2, 0.25) is 5.91 Å². The molecule has 2 saturated heterocycles. The Labute approximate surface area is 143 Å². The van der Waals surface area contributed by atoms with E-state index >= 15 is 0 Å². The van der Waals surface area contributed by atoms with Crippen molar-refractivity contribution in [1.82, 2.24) is 14.7 Å². The minimum absolute atomic E-state index is 0.0434. The Bertz CT molecular complexity index is 542. The molecular weight excluding hydrogens is 306 g/mol. The molecule has 0 N–H and O–H groups in total. The lowest BCUT2D eigenvalue weighted by atomic mass is 9.99. The molecule has 0 unspecified atom stereocenters. The highest BCUT2D eigenvalue weighted by molar-refractivity contribution is 5.91. The smallest absolute Gasteiger partial charge is 0.289 e. The molecule has 2 amide bonds. The highest BCUT2D eigenvalue weighted by Gasteiger charge is 2.25. The number of furan rings is 1. The Morgan fingerprint density at radius 2 is 1.79 bits per heavy atom. The van der Waals surface area contributed by atoms with E-state index in [1.807, 2.05) is 9.80 Å². The van der Waals surface area contributed by atoms with E-state index in [-0.39, 0.29) is 11.8 Å². The molecule has 0 spiro atoms. The molecule has 0 aromatic carbocycles. The SMILES string of the molecule is CC1CCN(C(=O)CCN2CCN(C(=O)c3ccco3)CC2)CC1. The van der Waals surface area contributed by atoms with Gasteiger partial charge < -0.3 is 14.2 Å². The molecule has 3 heterocycles. The molecule has 3 rings (SSSR count). The summed E-state index contributed by atoms with van der Waals surface area (Å²) in [5.41, 5.74) is 0. The van der Waals surface area contributed by atoms with Crippen molar-refractivity contribution in [3.05, 3.63) is 24.2 Å². The lowest BCUT2D eigenvalue weighted by Crippen LogP contribution is -2.49. The predicted octanol–water partition coefficient (Wildman–Crippen LogP) is 1.69. The topological polar surface area (TPSA) is 57.0 Å². The number of amides is 2. The summed E-state index contributed by atoms with van der Waals surface area (Å²) in [6.45, 7) is 7.87. The monoisotopic (exact) mass is 333 g/mol. The zero-order valence-corrected chi connectivity index (χ0v) is 14.4. The van der Waals surface area contributed by atoms with E-state index < -0.39 is 0 Å². The maximum Gasteiger partial charge on any atom is 0.289 e. The molecule has 0 saturated carbocycles. The summed E-state index contributed by atoms with van der Waals surface area (Å²) in [5, 5.41) is 0. The van der Waals surface area contributed by atoms with Crippen LogP contribution in [-0.2, 0) is 4.79 Å². The largest absolute Gasteiger partial charge is 0.459 e. The molecule has 2 fully saturated rings. The summed E-state index contributed by atoms with van der Waals surface area (Å²) >= 11 is 0. The molecule has 2 aliphatic heterocycles. The van der Waals surface area contributed by atoms with Crippen molar-refractivity contribution in [2.75, 3.05) is 45.8 Å². The van der Waals surface area contributed by atoms with E-state index in [4.69, 9.17) is 4.42 Å². The van der Waals surface area contributed by atoms with Crippen molar-refractivity contribution in [1.29, 1.82) is 0 Å². The molecule has 6 nitrogen and oxygen atoms in total. The van der Waals surface area contributed by atoms with Crippen LogP contribution in [0, 0.1) is 5.92 Å².